The van der Waals surface area contributed by atoms with Gasteiger partial charge in [0.05, 0.1) is 6.54 Å². The van der Waals surface area contributed by atoms with Crippen molar-refractivity contribution in [1.29, 1.82) is 0 Å². The Hall–Kier alpha value is -1.00. The molecule has 0 aliphatic rings. The summed E-state index contributed by atoms with van der Waals surface area (Å²) >= 11 is 0. The fourth-order valence-electron chi connectivity index (χ4n) is 1.04. The van der Waals surface area contributed by atoms with Crippen LogP contribution in [0.5, 0.6) is 0 Å². The Kier molecular flexibility index (Phi) is 2.95. The molecule has 0 aromatic heterocycles. The predicted octanol–water partition coefficient (Wildman–Crippen LogP) is 1.55. The van der Waals surface area contributed by atoms with Crippen LogP contribution >= 0.6 is 0 Å². The molecule has 0 bridgehead atoms. The predicted molar refractivity (Wildman–Crippen MR) is 45.2 cm³/mol. The van der Waals surface area contributed by atoms with Gasteiger partial charge in [-0.2, -0.15) is 0 Å². The summed E-state index contributed by atoms with van der Waals surface area (Å²) in [6.07, 6.45) is 0. The maximum absolute atomic E-state index is 13.6. The van der Waals surface area contributed by atoms with E-state index < -0.39 is 11.7 Å². The van der Waals surface area contributed by atoms with Crippen LogP contribution < -0.4 is 5.73 Å². The van der Waals surface area contributed by atoms with E-state index in [0.717, 1.165) is 6.07 Å². The summed E-state index contributed by atoms with van der Waals surface area (Å²) in [5.41, 5.74) is 5.27. The van der Waals surface area contributed by atoms with Crippen LogP contribution in [-0.4, -0.2) is 13.7 Å². The normalized spacial score (nSPS) is 15.4. The minimum absolute atomic E-state index is 0.0949. The Balaban J connectivity index is 3.05. The molecular weight excluding hydrogens is 176 g/mol. The molecule has 0 amide bonds. The van der Waals surface area contributed by atoms with Crippen LogP contribution in [0.2, 0.25) is 0 Å². The Morgan fingerprint density at radius 1 is 1.54 bits per heavy atom. The van der Waals surface area contributed by atoms with E-state index in [9.17, 15) is 8.78 Å². The zero-order valence-electron chi connectivity index (χ0n) is 7.26. The SMILES string of the molecule is COC(F)(CN)c1cccc(F)c1. The lowest BCUT2D eigenvalue weighted by molar-refractivity contribution is -0.120. The van der Waals surface area contributed by atoms with Crippen LogP contribution in [0.15, 0.2) is 24.3 Å². The van der Waals surface area contributed by atoms with Gasteiger partial charge in [-0.3, -0.25) is 0 Å². The molecule has 0 spiro atoms. The molecule has 2 nitrogen and oxygen atoms in total. The highest BCUT2D eigenvalue weighted by atomic mass is 19.2. The van der Waals surface area contributed by atoms with Crippen molar-refractivity contribution >= 4 is 0 Å². The monoisotopic (exact) mass is 187 g/mol. The van der Waals surface area contributed by atoms with E-state index in [1.165, 1.54) is 25.3 Å². The maximum atomic E-state index is 13.6. The van der Waals surface area contributed by atoms with Gasteiger partial charge < -0.3 is 10.5 Å². The van der Waals surface area contributed by atoms with E-state index in [1.807, 2.05) is 0 Å². The van der Waals surface area contributed by atoms with Gasteiger partial charge in [-0.1, -0.05) is 12.1 Å². The average Bonchev–Trinajstić information content (AvgIpc) is 2.17. The molecular formula is C9H11F2NO. The van der Waals surface area contributed by atoms with Gasteiger partial charge in [0.15, 0.2) is 0 Å². The molecule has 0 fully saturated rings. The topological polar surface area (TPSA) is 35.2 Å². The van der Waals surface area contributed by atoms with Gasteiger partial charge in [0.25, 0.3) is 0 Å². The van der Waals surface area contributed by atoms with Crippen LogP contribution in [0.25, 0.3) is 0 Å². The van der Waals surface area contributed by atoms with E-state index in [-0.39, 0.29) is 12.1 Å². The number of methoxy groups -OCH3 is 1. The van der Waals surface area contributed by atoms with Crippen molar-refractivity contribution in [2.24, 2.45) is 5.73 Å². The van der Waals surface area contributed by atoms with Crippen molar-refractivity contribution in [2.75, 3.05) is 13.7 Å². The molecule has 4 heteroatoms. The molecule has 2 N–H and O–H groups in total. The molecule has 0 radical (unpaired) electrons. The summed E-state index contributed by atoms with van der Waals surface area (Å²) < 4.78 is 30.9. The van der Waals surface area contributed by atoms with Gasteiger partial charge >= 0.3 is 0 Å². The standard InChI is InChI=1S/C9H11F2NO/c1-13-9(11,6-12)7-3-2-4-8(10)5-7/h2-5H,6,12H2,1H3. The molecule has 1 aromatic rings. The summed E-state index contributed by atoms with van der Waals surface area (Å²) in [6.45, 7) is -0.340. The molecule has 0 aliphatic carbocycles. The number of benzene rings is 1. The minimum Gasteiger partial charge on any atom is -0.345 e. The lowest BCUT2D eigenvalue weighted by atomic mass is 10.1. The zero-order chi connectivity index (χ0) is 9.90. The Morgan fingerprint density at radius 3 is 2.69 bits per heavy atom. The van der Waals surface area contributed by atoms with Crippen molar-refractivity contribution in [3.63, 3.8) is 0 Å². The van der Waals surface area contributed by atoms with Crippen molar-refractivity contribution in [2.45, 2.75) is 5.85 Å². The van der Waals surface area contributed by atoms with E-state index in [1.54, 1.807) is 0 Å². The van der Waals surface area contributed by atoms with Crippen LogP contribution in [0.1, 0.15) is 5.56 Å². The summed E-state index contributed by atoms with van der Waals surface area (Å²) in [5, 5.41) is 0. The van der Waals surface area contributed by atoms with Crippen molar-refractivity contribution < 1.29 is 13.5 Å². The second-order valence-corrected chi connectivity index (χ2v) is 2.65. The molecule has 0 saturated carbocycles. The Labute approximate surface area is 75.3 Å². The van der Waals surface area contributed by atoms with Crippen LogP contribution in [0.4, 0.5) is 8.78 Å². The number of hydrogen-bond acceptors (Lipinski definition) is 2. The Bertz CT molecular complexity index is 287. The number of rotatable bonds is 3. The summed E-state index contributed by atoms with van der Waals surface area (Å²) in [4.78, 5) is 0. The maximum Gasteiger partial charge on any atom is 0.247 e. The molecule has 0 heterocycles. The highest BCUT2D eigenvalue weighted by Crippen LogP contribution is 2.25. The molecule has 0 saturated heterocycles. The third-order valence-corrected chi connectivity index (χ3v) is 1.84. The molecule has 1 rings (SSSR count). The smallest absolute Gasteiger partial charge is 0.247 e. The fraction of sp³-hybridized carbons (Fsp3) is 0.333. The average molecular weight is 187 g/mol. The highest BCUT2D eigenvalue weighted by molar-refractivity contribution is 5.21. The van der Waals surface area contributed by atoms with Crippen molar-refractivity contribution in [3.05, 3.63) is 35.6 Å². The second-order valence-electron chi connectivity index (χ2n) is 2.65. The second kappa shape index (κ2) is 3.81. The first kappa shape index (κ1) is 10.1. The number of halogens is 2. The third-order valence-electron chi connectivity index (χ3n) is 1.84. The van der Waals surface area contributed by atoms with Crippen LogP contribution in [0, 0.1) is 5.82 Å². The summed E-state index contributed by atoms with van der Waals surface area (Å²) in [6, 6.07) is 5.14. The summed E-state index contributed by atoms with van der Waals surface area (Å²) in [7, 11) is 1.19. The van der Waals surface area contributed by atoms with Crippen molar-refractivity contribution in [1.82, 2.24) is 0 Å². The van der Waals surface area contributed by atoms with E-state index in [2.05, 4.69) is 4.74 Å². The molecule has 13 heavy (non-hydrogen) atoms. The number of alkyl halides is 1. The minimum atomic E-state index is -2.10. The molecule has 1 atom stereocenters. The van der Waals surface area contributed by atoms with E-state index >= 15 is 0 Å². The quantitative estimate of drug-likeness (QED) is 0.779. The van der Waals surface area contributed by atoms with Gasteiger partial charge in [-0.05, 0) is 12.1 Å². The Morgan fingerprint density at radius 2 is 2.23 bits per heavy atom. The largest absolute Gasteiger partial charge is 0.345 e. The molecule has 1 unspecified atom stereocenters. The van der Waals surface area contributed by atoms with Gasteiger partial charge in [-0.15, -0.1) is 0 Å². The third kappa shape index (κ3) is 2.02. The first-order chi connectivity index (χ1) is 6.12. The first-order valence-electron chi connectivity index (χ1n) is 3.82. The van der Waals surface area contributed by atoms with Crippen LogP contribution in [-0.2, 0) is 10.6 Å². The van der Waals surface area contributed by atoms with Gasteiger partial charge in [-0.25, -0.2) is 8.78 Å². The lowest BCUT2D eigenvalue weighted by Gasteiger charge is -2.21. The summed E-state index contributed by atoms with van der Waals surface area (Å²) in [5.74, 6) is -2.60. The van der Waals surface area contributed by atoms with E-state index in [0.29, 0.717) is 0 Å². The first-order valence-corrected chi connectivity index (χ1v) is 3.82. The fourth-order valence-corrected chi connectivity index (χ4v) is 1.04. The highest BCUT2D eigenvalue weighted by Gasteiger charge is 2.29. The van der Waals surface area contributed by atoms with Crippen LogP contribution in [0.3, 0.4) is 0 Å². The number of ether oxygens (including phenoxy) is 1. The zero-order valence-corrected chi connectivity index (χ0v) is 7.26. The van der Waals surface area contributed by atoms with Gasteiger partial charge in [0.2, 0.25) is 5.85 Å². The van der Waals surface area contributed by atoms with Gasteiger partial charge in [0.1, 0.15) is 5.82 Å². The van der Waals surface area contributed by atoms with Gasteiger partial charge in [0, 0.05) is 12.7 Å². The molecule has 0 aliphatic heterocycles. The van der Waals surface area contributed by atoms with E-state index in [4.69, 9.17) is 5.73 Å². The number of nitrogens with two attached hydrogens (primary N) is 1. The number of hydrogen-bond donors (Lipinski definition) is 1. The molecule has 72 valence electrons. The molecule has 1 aromatic carbocycles. The lowest BCUT2D eigenvalue weighted by Crippen LogP contribution is -2.32. The van der Waals surface area contributed by atoms with Crippen molar-refractivity contribution in [3.8, 4) is 0 Å².